The SMILES string of the molecule is C=C1C(COc2ccc(CO)cc2)=C(C(=O)OC(c2ccccc2)c2ccccc2)N2C(=O)[C@@H](CC(=O)Cc3ccccc3)[C@H]2S1=O. The van der Waals surface area contributed by atoms with E-state index in [1.54, 1.807) is 24.3 Å². The van der Waals surface area contributed by atoms with Crippen molar-refractivity contribution in [1.29, 1.82) is 0 Å². The van der Waals surface area contributed by atoms with E-state index in [2.05, 4.69) is 6.58 Å². The molecule has 1 fully saturated rings. The molecule has 3 atom stereocenters. The molecular weight excluding hydrogens is 614 g/mol. The number of aliphatic hydroxyl groups excluding tert-OH is 1. The topological polar surface area (TPSA) is 110 Å². The molecule has 9 heteroatoms. The van der Waals surface area contributed by atoms with E-state index < -0.39 is 40.1 Å². The lowest BCUT2D eigenvalue weighted by Crippen LogP contribution is -2.65. The van der Waals surface area contributed by atoms with Crippen molar-refractivity contribution in [2.45, 2.75) is 30.9 Å². The zero-order chi connectivity index (χ0) is 32.9. The van der Waals surface area contributed by atoms with Gasteiger partial charge in [0.25, 0.3) is 0 Å². The van der Waals surface area contributed by atoms with E-state index in [1.807, 2.05) is 91.0 Å². The van der Waals surface area contributed by atoms with Gasteiger partial charge >= 0.3 is 5.97 Å². The number of aliphatic hydroxyl groups is 1. The predicted molar refractivity (Wildman–Crippen MR) is 177 cm³/mol. The molecule has 4 aromatic carbocycles. The molecule has 0 bridgehead atoms. The number of amides is 1. The number of rotatable bonds is 12. The van der Waals surface area contributed by atoms with Gasteiger partial charge in [0, 0.05) is 23.3 Å². The van der Waals surface area contributed by atoms with E-state index in [4.69, 9.17) is 9.47 Å². The quantitative estimate of drug-likeness (QED) is 0.162. The number of nitrogens with zero attached hydrogens (tertiary/aromatic N) is 1. The van der Waals surface area contributed by atoms with Gasteiger partial charge in [0.1, 0.15) is 29.2 Å². The highest BCUT2D eigenvalue weighted by Crippen LogP contribution is 2.45. The molecule has 1 N–H and O–H groups in total. The Morgan fingerprint density at radius 3 is 1.98 bits per heavy atom. The Morgan fingerprint density at radius 2 is 1.40 bits per heavy atom. The molecule has 8 nitrogen and oxygen atoms in total. The Labute approximate surface area is 275 Å². The number of Topliss-reactive ketones (excluding diaryl/α,β-unsaturated/α-hetero) is 1. The first kappa shape index (κ1) is 31.8. The molecular formula is C38H33NO7S. The average Bonchev–Trinajstić information content (AvgIpc) is 3.11. The van der Waals surface area contributed by atoms with E-state index in [1.165, 1.54) is 4.90 Å². The van der Waals surface area contributed by atoms with Crippen LogP contribution < -0.4 is 4.74 Å². The van der Waals surface area contributed by atoms with Crippen molar-refractivity contribution >= 4 is 28.5 Å². The molecule has 238 valence electrons. The molecule has 0 spiro atoms. The number of ketones is 1. The lowest BCUT2D eigenvalue weighted by molar-refractivity contribution is -0.157. The fourth-order valence-corrected chi connectivity index (χ4v) is 7.45. The molecule has 2 heterocycles. The van der Waals surface area contributed by atoms with Crippen LogP contribution in [0.15, 0.2) is 138 Å². The van der Waals surface area contributed by atoms with Gasteiger partial charge in [0.05, 0.1) is 23.3 Å². The first-order valence-corrected chi connectivity index (χ1v) is 16.4. The second-order valence-corrected chi connectivity index (χ2v) is 12.9. The van der Waals surface area contributed by atoms with Crippen molar-refractivity contribution in [3.63, 3.8) is 0 Å². The summed E-state index contributed by atoms with van der Waals surface area (Å²) < 4.78 is 26.0. The molecule has 1 saturated heterocycles. The lowest BCUT2D eigenvalue weighted by Gasteiger charge is -2.49. The third-order valence-electron chi connectivity index (χ3n) is 8.28. The molecule has 0 aromatic heterocycles. The molecule has 1 unspecified atom stereocenters. The van der Waals surface area contributed by atoms with E-state index in [0.29, 0.717) is 11.3 Å². The van der Waals surface area contributed by atoms with Crippen LogP contribution in [-0.4, -0.2) is 43.9 Å². The summed E-state index contributed by atoms with van der Waals surface area (Å²) >= 11 is 0. The first-order valence-electron chi connectivity index (χ1n) is 15.2. The van der Waals surface area contributed by atoms with Crippen molar-refractivity contribution in [2.24, 2.45) is 5.92 Å². The highest BCUT2D eigenvalue weighted by Gasteiger charge is 2.58. The molecule has 0 radical (unpaired) electrons. The fourth-order valence-electron chi connectivity index (χ4n) is 5.84. The molecule has 0 aliphatic carbocycles. The molecule has 2 aliphatic heterocycles. The van der Waals surface area contributed by atoms with Gasteiger partial charge < -0.3 is 14.6 Å². The van der Waals surface area contributed by atoms with Crippen LogP contribution in [0.2, 0.25) is 0 Å². The van der Waals surface area contributed by atoms with Gasteiger partial charge in [-0.1, -0.05) is 110 Å². The van der Waals surface area contributed by atoms with Crippen molar-refractivity contribution in [3.05, 3.63) is 160 Å². The molecule has 2 aliphatic rings. The van der Waals surface area contributed by atoms with Gasteiger partial charge in [0.15, 0.2) is 6.10 Å². The first-order chi connectivity index (χ1) is 22.9. The van der Waals surface area contributed by atoms with Crippen LogP contribution in [0.25, 0.3) is 0 Å². The average molecular weight is 648 g/mol. The minimum Gasteiger partial charge on any atom is -0.489 e. The third kappa shape index (κ3) is 6.72. The number of carbonyl (C=O) groups excluding carboxylic acids is 3. The van der Waals surface area contributed by atoms with Crippen molar-refractivity contribution in [2.75, 3.05) is 6.61 Å². The Hall–Kier alpha value is -5.12. The maximum atomic E-state index is 14.3. The molecule has 1 amide bonds. The highest BCUT2D eigenvalue weighted by atomic mass is 32.2. The van der Waals surface area contributed by atoms with Gasteiger partial charge in [-0.15, -0.1) is 0 Å². The summed E-state index contributed by atoms with van der Waals surface area (Å²) in [5, 5.41) is 8.44. The van der Waals surface area contributed by atoms with Crippen LogP contribution in [0, 0.1) is 5.92 Å². The molecule has 4 aromatic rings. The smallest absolute Gasteiger partial charge is 0.356 e. The van der Waals surface area contributed by atoms with Crippen LogP contribution in [0.5, 0.6) is 5.75 Å². The summed E-state index contributed by atoms with van der Waals surface area (Å²) in [6, 6.07) is 34.4. The fraction of sp³-hybridized carbons (Fsp3) is 0.184. The van der Waals surface area contributed by atoms with Crippen LogP contribution in [0.3, 0.4) is 0 Å². The summed E-state index contributed by atoms with van der Waals surface area (Å²) in [7, 11) is -1.82. The van der Waals surface area contributed by atoms with Gasteiger partial charge in [-0.3, -0.25) is 18.7 Å². The minimum absolute atomic E-state index is 0.0970. The van der Waals surface area contributed by atoms with Gasteiger partial charge in [-0.2, -0.15) is 0 Å². The van der Waals surface area contributed by atoms with Gasteiger partial charge in [-0.05, 0) is 34.4 Å². The Morgan fingerprint density at radius 1 is 0.830 bits per heavy atom. The zero-order valence-electron chi connectivity index (χ0n) is 25.5. The highest BCUT2D eigenvalue weighted by molar-refractivity contribution is 7.90. The molecule has 0 saturated carbocycles. The number of β-lactam (4-membered cyclic amide) rings is 1. The maximum Gasteiger partial charge on any atom is 0.356 e. The van der Waals surface area contributed by atoms with Crippen molar-refractivity contribution in [3.8, 4) is 5.75 Å². The summed E-state index contributed by atoms with van der Waals surface area (Å²) in [4.78, 5) is 42.4. The summed E-state index contributed by atoms with van der Waals surface area (Å²) in [6.07, 6.45) is -0.778. The minimum atomic E-state index is -1.82. The number of carbonyl (C=O) groups is 3. The van der Waals surface area contributed by atoms with E-state index in [-0.39, 0.29) is 48.0 Å². The summed E-state index contributed by atoms with van der Waals surface area (Å²) in [6.45, 7) is 3.72. The monoisotopic (exact) mass is 647 g/mol. The number of esters is 1. The van der Waals surface area contributed by atoms with E-state index in [0.717, 1.165) is 16.7 Å². The third-order valence-corrected chi connectivity index (χ3v) is 9.99. The number of hydrogen-bond donors (Lipinski definition) is 1. The van der Waals surface area contributed by atoms with Gasteiger partial charge in [-0.25, -0.2) is 4.79 Å². The number of fused-ring (bicyclic) bond motifs is 1. The number of benzene rings is 4. The molecule has 6 rings (SSSR count). The van der Waals surface area contributed by atoms with Crippen LogP contribution in [0.1, 0.15) is 34.8 Å². The normalized spacial score (nSPS) is 18.9. The van der Waals surface area contributed by atoms with E-state index >= 15 is 0 Å². The number of hydrogen-bond acceptors (Lipinski definition) is 7. The van der Waals surface area contributed by atoms with E-state index in [9.17, 15) is 23.7 Å². The Kier molecular flexibility index (Phi) is 9.56. The number of ether oxygens (including phenoxy) is 2. The summed E-state index contributed by atoms with van der Waals surface area (Å²) in [5.41, 5.74) is 3.04. The Balaban J connectivity index is 1.33. The van der Waals surface area contributed by atoms with Crippen LogP contribution in [-0.2, 0) is 42.9 Å². The molecule has 47 heavy (non-hydrogen) atoms. The largest absolute Gasteiger partial charge is 0.489 e. The lowest BCUT2D eigenvalue weighted by atomic mass is 9.89. The Bertz CT molecular complexity index is 1800. The standard InChI is InChI=1S/C38H33NO7S/c1-25-33(24-45-31-19-17-27(23-40)18-20-31)34(38(43)46-35(28-13-7-3-8-14-28)29-15-9-4-10-16-29)39-36(42)32(37(39)47(25)44)22-30(41)21-26-11-5-2-6-12-26/h2-20,32,35,37,40H,1,21-24H2/t32-,37-,47?/m1/s1. The van der Waals surface area contributed by atoms with Crippen LogP contribution >= 0.6 is 0 Å². The van der Waals surface area contributed by atoms with Gasteiger partial charge in [0.2, 0.25) is 5.91 Å². The second-order valence-electron chi connectivity index (χ2n) is 11.4. The van der Waals surface area contributed by atoms with Crippen molar-refractivity contribution < 1.29 is 33.2 Å². The maximum absolute atomic E-state index is 14.3. The summed E-state index contributed by atoms with van der Waals surface area (Å²) in [5.74, 6) is -1.89. The zero-order valence-corrected chi connectivity index (χ0v) is 26.3. The predicted octanol–water partition coefficient (Wildman–Crippen LogP) is 5.41. The second kappa shape index (κ2) is 14.1. The van der Waals surface area contributed by atoms with Crippen molar-refractivity contribution in [1.82, 2.24) is 4.90 Å². The van der Waals surface area contributed by atoms with Crippen LogP contribution in [0.4, 0.5) is 0 Å².